The fraction of sp³-hybridized carbons (Fsp3) is 0.667. The Labute approximate surface area is 73.6 Å². The Balaban J connectivity index is 2.79. The van der Waals surface area contributed by atoms with Crippen molar-refractivity contribution in [3.63, 3.8) is 0 Å². The number of nitrogens with zero attached hydrogens (tertiary/aromatic N) is 2. The van der Waals surface area contributed by atoms with Crippen LogP contribution in [0.15, 0.2) is 4.99 Å². The van der Waals surface area contributed by atoms with E-state index in [4.69, 9.17) is 0 Å². The van der Waals surface area contributed by atoms with Gasteiger partial charge in [-0.2, -0.15) is 0 Å². The molecule has 3 nitrogen and oxygen atoms in total. The van der Waals surface area contributed by atoms with Crippen molar-refractivity contribution in [2.45, 2.75) is 11.0 Å². The number of aliphatic imine (C=N–C) groups is 1. The SMILES string of the molecule is CC1C(=O)N(C)C=NC1I. The molecule has 2 unspecified atom stereocenters. The third kappa shape index (κ3) is 1.31. The van der Waals surface area contributed by atoms with E-state index in [1.807, 2.05) is 6.92 Å². The van der Waals surface area contributed by atoms with Gasteiger partial charge in [-0.25, -0.2) is 0 Å². The Morgan fingerprint density at radius 3 is 2.90 bits per heavy atom. The molecule has 0 aromatic rings. The summed E-state index contributed by atoms with van der Waals surface area (Å²) >= 11 is 2.16. The molecule has 0 aromatic heterocycles. The molecule has 1 aliphatic rings. The number of carbonyl (C=O) groups is 1. The molecule has 0 spiro atoms. The highest BCUT2D eigenvalue weighted by atomic mass is 127. The van der Waals surface area contributed by atoms with E-state index in [-0.39, 0.29) is 15.9 Å². The molecule has 10 heavy (non-hydrogen) atoms. The van der Waals surface area contributed by atoms with E-state index < -0.39 is 0 Å². The zero-order valence-corrected chi connectivity index (χ0v) is 8.07. The first kappa shape index (κ1) is 7.97. The first-order valence-corrected chi connectivity index (χ1v) is 4.31. The van der Waals surface area contributed by atoms with Crippen LogP contribution in [-0.4, -0.2) is 28.2 Å². The Hall–Kier alpha value is -0.130. The summed E-state index contributed by atoms with van der Waals surface area (Å²) in [7, 11) is 1.73. The number of halogens is 1. The Kier molecular flexibility index (Phi) is 2.28. The molecule has 1 aliphatic heterocycles. The van der Waals surface area contributed by atoms with Crippen molar-refractivity contribution < 1.29 is 4.79 Å². The zero-order valence-electron chi connectivity index (χ0n) is 5.91. The van der Waals surface area contributed by atoms with Gasteiger partial charge < -0.3 is 4.90 Å². The van der Waals surface area contributed by atoms with Gasteiger partial charge in [0.1, 0.15) is 4.05 Å². The maximum absolute atomic E-state index is 11.2. The van der Waals surface area contributed by atoms with Crippen LogP contribution in [-0.2, 0) is 4.79 Å². The normalized spacial score (nSPS) is 33.1. The molecule has 0 aliphatic carbocycles. The summed E-state index contributed by atoms with van der Waals surface area (Å²) in [5, 5.41) is 0. The van der Waals surface area contributed by atoms with Crippen LogP contribution in [0.5, 0.6) is 0 Å². The summed E-state index contributed by atoms with van der Waals surface area (Å²) in [4.78, 5) is 16.8. The molecule has 0 saturated heterocycles. The average Bonchev–Trinajstić information content (AvgIpc) is 1.93. The molecular weight excluding hydrogens is 243 g/mol. The second-order valence-corrected chi connectivity index (χ2v) is 3.65. The summed E-state index contributed by atoms with van der Waals surface area (Å²) in [6.45, 7) is 1.90. The predicted molar refractivity (Wildman–Crippen MR) is 48.2 cm³/mol. The van der Waals surface area contributed by atoms with Crippen molar-refractivity contribution in [1.29, 1.82) is 0 Å². The number of hydrogen-bond donors (Lipinski definition) is 0. The van der Waals surface area contributed by atoms with Gasteiger partial charge in [-0.1, -0.05) is 29.5 Å². The van der Waals surface area contributed by atoms with Crippen molar-refractivity contribution in [3.8, 4) is 0 Å². The molecule has 2 atom stereocenters. The maximum atomic E-state index is 11.2. The molecule has 56 valence electrons. The van der Waals surface area contributed by atoms with E-state index in [0.29, 0.717) is 0 Å². The molecule has 0 aromatic carbocycles. The molecule has 0 saturated carbocycles. The quantitative estimate of drug-likeness (QED) is 0.358. The highest BCUT2D eigenvalue weighted by Gasteiger charge is 2.26. The van der Waals surface area contributed by atoms with Gasteiger partial charge >= 0.3 is 0 Å². The van der Waals surface area contributed by atoms with Crippen LogP contribution in [0.1, 0.15) is 6.92 Å². The van der Waals surface area contributed by atoms with E-state index in [1.165, 1.54) is 4.90 Å². The van der Waals surface area contributed by atoms with E-state index >= 15 is 0 Å². The first-order valence-electron chi connectivity index (χ1n) is 3.07. The number of amides is 1. The van der Waals surface area contributed by atoms with Crippen molar-refractivity contribution >= 4 is 34.8 Å². The van der Waals surface area contributed by atoms with Crippen molar-refractivity contribution in [2.24, 2.45) is 10.9 Å². The number of carbonyl (C=O) groups excluding carboxylic acids is 1. The van der Waals surface area contributed by atoms with Crippen LogP contribution in [0.2, 0.25) is 0 Å². The highest BCUT2D eigenvalue weighted by Crippen LogP contribution is 2.19. The van der Waals surface area contributed by atoms with Crippen molar-refractivity contribution in [3.05, 3.63) is 0 Å². The molecule has 0 fully saturated rings. The van der Waals surface area contributed by atoms with Crippen LogP contribution >= 0.6 is 22.6 Å². The minimum absolute atomic E-state index is 0.0237. The van der Waals surface area contributed by atoms with Crippen LogP contribution in [0, 0.1) is 5.92 Å². The number of alkyl halides is 1. The zero-order chi connectivity index (χ0) is 7.72. The Morgan fingerprint density at radius 2 is 2.40 bits per heavy atom. The molecular formula is C6H9IN2O. The maximum Gasteiger partial charge on any atom is 0.233 e. The summed E-state index contributed by atoms with van der Waals surface area (Å²) in [6, 6.07) is 0. The summed E-state index contributed by atoms with van der Waals surface area (Å²) in [5.74, 6) is 0.171. The van der Waals surface area contributed by atoms with Gasteiger partial charge in [0, 0.05) is 7.05 Å². The fourth-order valence-electron chi connectivity index (χ4n) is 0.789. The van der Waals surface area contributed by atoms with Crippen LogP contribution < -0.4 is 0 Å². The van der Waals surface area contributed by atoms with Gasteiger partial charge in [0.2, 0.25) is 5.91 Å². The van der Waals surface area contributed by atoms with Crippen molar-refractivity contribution in [2.75, 3.05) is 7.05 Å². The topological polar surface area (TPSA) is 32.7 Å². The number of hydrogen-bond acceptors (Lipinski definition) is 2. The van der Waals surface area contributed by atoms with E-state index in [0.717, 1.165) is 0 Å². The Morgan fingerprint density at radius 1 is 1.80 bits per heavy atom. The lowest BCUT2D eigenvalue weighted by Gasteiger charge is -2.23. The van der Waals surface area contributed by atoms with Crippen LogP contribution in [0.3, 0.4) is 0 Å². The number of rotatable bonds is 0. The van der Waals surface area contributed by atoms with Gasteiger partial charge in [0.25, 0.3) is 0 Å². The third-order valence-corrected chi connectivity index (χ3v) is 2.93. The van der Waals surface area contributed by atoms with Gasteiger partial charge in [0.05, 0.1) is 12.3 Å². The molecule has 0 N–H and O–H groups in total. The molecule has 1 amide bonds. The van der Waals surface area contributed by atoms with E-state index in [1.54, 1.807) is 13.4 Å². The second-order valence-electron chi connectivity index (χ2n) is 2.38. The minimum Gasteiger partial charge on any atom is -0.306 e. The first-order chi connectivity index (χ1) is 4.63. The lowest BCUT2D eigenvalue weighted by molar-refractivity contribution is -0.130. The molecule has 1 rings (SSSR count). The largest absolute Gasteiger partial charge is 0.306 e. The summed E-state index contributed by atoms with van der Waals surface area (Å²) in [5.41, 5.74) is 0. The van der Waals surface area contributed by atoms with Gasteiger partial charge in [-0.15, -0.1) is 0 Å². The van der Waals surface area contributed by atoms with E-state index in [9.17, 15) is 4.79 Å². The van der Waals surface area contributed by atoms with Gasteiger partial charge in [0.15, 0.2) is 0 Å². The summed E-state index contributed by atoms with van der Waals surface area (Å²) in [6.07, 6.45) is 1.58. The molecule has 0 bridgehead atoms. The van der Waals surface area contributed by atoms with Crippen LogP contribution in [0.25, 0.3) is 0 Å². The fourth-order valence-corrected chi connectivity index (χ4v) is 1.24. The average molecular weight is 252 g/mol. The standard InChI is InChI=1S/C6H9IN2O/c1-4-5(7)8-3-9(2)6(4)10/h3-5H,1-2H3. The highest BCUT2D eigenvalue weighted by molar-refractivity contribution is 14.1. The molecule has 1 heterocycles. The third-order valence-electron chi connectivity index (χ3n) is 1.53. The summed E-state index contributed by atoms with van der Waals surface area (Å²) < 4.78 is 0.112. The smallest absolute Gasteiger partial charge is 0.233 e. The monoisotopic (exact) mass is 252 g/mol. The molecule has 4 heteroatoms. The van der Waals surface area contributed by atoms with Gasteiger partial charge in [-0.05, 0) is 0 Å². The van der Waals surface area contributed by atoms with Gasteiger partial charge in [-0.3, -0.25) is 9.79 Å². The lowest BCUT2D eigenvalue weighted by Crippen LogP contribution is -2.38. The predicted octanol–water partition coefficient (Wildman–Crippen LogP) is 0.884. The molecule has 0 radical (unpaired) electrons. The van der Waals surface area contributed by atoms with Crippen LogP contribution in [0.4, 0.5) is 0 Å². The lowest BCUT2D eigenvalue weighted by atomic mass is 10.1. The minimum atomic E-state index is 0.0237. The van der Waals surface area contributed by atoms with Crippen molar-refractivity contribution in [1.82, 2.24) is 4.90 Å². The van der Waals surface area contributed by atoms with E-state index in [2.05, 4.69) is 27.6 Å². The Bertz CT molecular complexity index is 181. The second kappa shape index (κ2) is 2.86.